The van der Waals surface area contributed by atoms with Gasteiger partial charge in [0.05, 0.1) is 12.0 Å². The number of aromatic nitrogens is 3. The van der Waals surface area contributed by atoms with E-state index in [4.69, 9.17) is 4.42 Å². The van der Waals surface area contributed by atoms with E-state index in [0.717, 1.165) is 35.8 Å². The Hall–Kier alpha value is -2.54. The fraction of sp³-hybridized carbons (Fsp3) is 0.350. The Morgan fingerprint density at radius 3 is 2.81 bits per heavy atom. The van der Waals surface area contributed by atoms with Crippen LogP contribution in [0, 0.1) is 13.8 Å². The second-order valence-electron chi connectivity index (χ2n) is 6.44. The molecule has 0 saturated heterocycles. The van der Waals surface area contributed by atoms with Crippen molar-refractivity contribution in [1.29, 1.82) is 0 Å². The lowest BCUT2D eigenvalue weighted by Crippen LogP contribution is -2.15. The summed E-state index contributed by atoms with van der Waals surface area (Å²) in [7, 11) is 0. The fourth-order valence-electron chi connectivity index (χ4n) is 2.77. The molecule has 0 bridgehead atoms. The topological polar surface area (TPSA) is 73.0 Å². The van der Waals surface area contributed by atoms with Gasteiger partial charge in [0, 0.05) is 12.2 Å². The zero-order valence-corrected chi connectivity index (χ0v) is 16.7. The van der Waals surface area contributed by atoms with Crippen LogP contribution in [0.25, 0.3) is 11.6 Å². The maximum atomic E-state index is 12.4. The molecule has 0 spiro atoms. The van der Waals surface area contributed by atoms with Gasteiger partial charge in [-0.3, -0.25) is 9.36 Å². The van der Waals surface area contributed by atoms with E-state index < -0.39 is 0 Å². The molecule has 0 aliphatic heterocycles. The molecule has 1 aromatic carbocycles. The Balaban J connectivity index is 1.68. The molecule has 0 radical (unpaired) electrons. The van der Waals surface area contributed by atoms with Crippen LogP contribution in [0.2, 0.25) is 0 Å². The third-order valence-corrected chi connectivity index (χ3v) is 5.15. The van der Waals surface area contributed by atoms with Crippen LogP contribution in [0.4, 0.5) is 5.69 Å². The highest BCUT2D eigenvalue weighted by Gasteiger charge is 2.17. The molecule has 1 N–H and O–H groups in total. The minimum atomic E-state index is -0.0588. The zero-order chi connectivity index (χ0) is 19.2. The van der Waals surface area contributed by atoms with Crippen LogP contribution in [-0.2, 0) is 11.3 Å². The molecule has 2 aromatic heterocycles. The minimum absolute atomic E-state index is 0.0588. The predicted octanol–water partition coefficient (Wildman–Crippen LogP) is 4.69. The molecule has 6 nitrogen and oxygen atoms in total. The molecule has 3 aromatic rings. The number of carbonyl (C=O) groups excluding carboxylic acids is 1. The average molecular weight is 385 g/mol. The maximum Gasteiger partial charge on any atom is 0.234 e. The van der Waals surface area contributed by atoms with E-state index in [2.05, 4.69) is 28.5 Å². The van der Waals surface area contributed by atoms with Crippen molar-refractivity contribution >= 4 is 23.4 Å². The lowest BCUT2D eigenvalue weighted by atomic mass is 10.1. The van der Waals surface area contributed by atoms with Crippen LogP contribution in [0.5, 0.6) is 0 Å². The highest BCUT2D eigenvalue weighted by molar-refractivity contribution is 7.99. The molecule has 0 aliphatic carbocycles. The second kappa shape index (κ2) is 8.90. The highest BCUT2D eigenvalue weighted by atomic mass is 32.2. The summed E-state index contributed by atoms with van der Waals surface area (Å²) in [5.41, 5.74) is 3.07. The van der Waals surface area contributed by atoms with Gasteiger partial charge in [-0.25, -0.2) is 0 Å². The SMILES string of the molecule is CCCCn1c(SCC(=O)Nc2ccc(C)cc2C)nnc1-c1ccco1. The molecule has 0 fully saturated rings. The number of furan rings is 1. The highest BCUT2D eigenvalue weighted by Crippen LogP contribution is 2.25. The molecule has 0 unspecified atom stereocenters. The normalized spacial score (nSPS) is 10.9. The Morgan fingerprint density at radius 2 is 2.11 bits per heavy atom. The summed E-state index contributed by atoms with van der Waals surface area (Å²) in [6, 6.07) is 9.69. The first-order chi connectivity index (χ1) is 13.1. The number of unbranched alkanes of at least 4 members (excludes halogenated alkanes) is 1. The van der Waals surface area contributed by atoms with E-state index in [1.807, 2.05) is 42.7 Å². The largest absolute Gasteiger partial charge is 0.461 e. The van der Waals surface area contributed by atoms with Crippen molar-refractivity contribution in [1.82, 2.24) is 14.8 Å². The summed E-state index contributed by atoms with van der Waals surface area (Å²) in [4.78, 5) is 12.4. The van der Waals surface area contributed by atoms with E-state index >= 15 is 0 Å². The number of benzene rings is 1. The second-order valence-corrected chi connectivity index (χ2v) is 7.39. The van der Waals surface area contributed by atoms with Crippen LogP contribution in [-0.4, -0.2) is 26.4 Å². The first-order valence-electron chi connectivity index (χ1n) is 9.05. The Labute approximate surface area is 163 Å². The van der Waals surface area contributed by atoms with Crippen LogP contribution in [0.15, 0.2) is 46.2 Å². The van der Waals surface area contributed by atoms with Gasteiger partial charge in [-0.1, -0.05) is 42.8 Å². The van der Waals surface area contributed by atoms with Gasteiger partial charge in [0.1, 0.15) is 0 Å². The first-order valence-corrected chi connectivity index (χ1v) is 10.0. The summed E-state index contributed by atoms with van der Waals surface area (Å²) in [6.45, 7) is 6.96. The quantitative estimate of drug-likeness (QED) is 0.571. The smallest absolute Gasteiger partial charge is 0.234 e. The van der Waals surface area contributed by atoms with Gasteiger partial charge < -0.3 is 9.73 Å². The molecule has 0 aliphatic rings. The van der Waals surface area contributed by atoms with E-state index in [-0.39, 0.29) is 11.7 Å². The molecular formula is C20H24N4O2S. The van der Waals surface area contributed by atoms with Crippen molar-refractivity contribution < 1.29 is 9.21 Å². The molecular weight excluding hydrogens is 360 g/mol. The fourth-order valence-corrected chi connectivity index (χ4v) is 3.54. The lowest BCUT2D eigenvalue weighted by Gasteiger charge is -2.10. The summed E-state index contributed by atoms with van der Waals surface area (Å²) in [5.74, 6) is 1.60. The number of thioether (sulfide) groups is 1. The van der Waals surface area contributed by atoms with Crippen molar-refractivity contribution in [3.05, 3.63) is 47.7 Å². The average Bonchev–Trinajstić information content (AvgIpc) is 3.30. The summed E-state index contributed by atoms with van der Waals surface area (Å²) in [5, 5.41) is 12.2. The lowest BCUT2D eigenvalue weighted by molar-refractivity contribution is -0.113. The summed E-state index contributed by atoms with van der Waals surface area (Å²) < 4.78 is 7.49. The van der Waals surface area contributed by atoms with Crippen molar-refractivity contribution in [2.45, 2.75) is 45.3 Å². The molecule has 0 saturated carbocycles. The molecule has 7 heteroatoms. The number of carbonyl (C=O) groups is 1. The molecule has 27 heavy (non-hydrogen) atoms. The van der Waals surface area contributed by atoms with Crippen molar-refractivity contribution in [2.75, 3.05) is 11.1 Å². The minimum Gasteiger partial charge on any atom is -0.461 e. The van der Waals surface area contributed by atoms with E-state index in [9.17, 15) is 4.79 Å². The van der Waals surface area contributed by atoms with Gasteiger partial charge >= 0.3 is 0 Å². The van der Waals surface area contributed by atoms with Gasteiger partial charge in [0.2, 0.25) is 5.91 Å². The maximum absolute atomic E-state index is 12.4. The number of anilines is 1. The Bertz CT molecular complexity index is 903. The number of rotatable bonds is 8. The van der Waals surface area contributed by atoms with Gasteiger partial charge in [-0.05, 0) is 44.0 Å². The number of nitrogens with one attached hydrogen (secondary N) is 1. The van der Waals surface area contributed by atoms with Crippen molar-refractivity contribution in [3.8, 4) is 11.6 Å². The van der Waals surface area contributed by atoms with Gasteiger partial charge in [0.25, 0.3) is 0 Å². The molecule has 1 amide bonds. The van der Waals surface area contributed by atoms with Crippen molar-refractivity contribution in [2.24, 2.45) is 0 Å². The zero-order valence-electron chi connectivity index (χ0n) is 15.9. The van der Waals surface area contributed by atoms with Crippen LogP contribution >= 0.6 is 11.8 Å². The molecule has 3 rings (SSSR count). The van der Waals surface area contributed by atoms with E-state index in [1.54, 1.807) is 6.26 Å². The number of aryl methyl sites for hydroxylation is 2. The van der Waals surface area contributed by atoms with Crippen LogP contribution in [0.1, 0.15) is 30.9 Å². The third-order valence-electron chi connectivity index (χ3n) is 4.18. The number of amides is 1. The Kier molecular flexibility index (Phi) is 6.34. The monoisotopic (exact) mass is 384 g/mol. The predicted molar refractivity (Wildman–Crippen MR) is 108 cm³/mol. The van der Waals surface area contributed by atoms with Crippen molar-refractivity contribution in [3.63, 3.8) is 0 Å². The third kappa shape index (κ3) is 4.80. The van der Waals surface area contributed by atoms with E-state index in [1.165, 1.54) is 17.3 Å². The summed E-state index contributed by atoms with van der Waals surface area (Å²) >= 11 is 1.39. The summed E-state index contributed by atoms with van der Waals surface area (Å²) in [6.07, 6.45) is 3.69. The number of hydrogen-bond donors (Lipinski definition) is 1. The Morgan fingerprint density at radius 1 is 1.26 bits per heavy atom. The van der Waals surface area contributed by atoms with Crippen LogP contribution in [0.3, 0.4) is 0 Å². The first kappa shape index (κ1) is 19.2. The molecule has 0 atom stereocenters. The number of hydrogen-bond acceptors (Lipinski definition) is 5. The standard InChI is InChI=1S/C20H24N4O2S/c1-4-5-10-24-19(17-7-6-11-26-17)22-23-20(24)27-13-18(25)21-16-9-8-14(2)12-15(16)3/h6-9,11-12H,4-5,10,13H2,1-3H3,(H,21,25). The van der Waals surface area contributed by atoms with Crippen LogP contribution < -0.4 is 5.32 Å². The van der Waals surface area contributed by atoms with Gasteiger partial charge in [-0.2, -0.15) is 0 Å². The number of nitrogens with zero attached hydrogens (tertiary/aromatic N) is 3. The molecule has 2 heterocycles. The van der Waals surface area contributed by atoms with E-state index in [0.29, 0.717) is 11.6 Å². The molecule has 142 valence electrons. The van der Waals surface area contributed by atoms with Gasteiger partial charge in [-0.15, -0.1) is 10.2 Å². The van der Waals surface area contributed by atoms with Gasteiger partial charge in [0.15, 0.2) is 16.7 Å².